The van der Waals surface area contributed by atoms with Crippen LogP contribution in [0.2, 0.25) is 0 Å². The lowest BCUT2D eigenvalue weighted by atomic mass is 9.75. The van der Waals surface area contributed by atoms with Crippen molar-refractivity contribution in [2.24, 2.45) is 22.7 Å². The summed E-state index contributed by atoms with van der Waals surface area (Å²) < 4.78 is 140. The first-order chi connectivity index (χ1) is 56.6. The predicted octanol–water partition coefficient (Wildman–Crippen LogP) is 14.4. The first kappa shape index (κ1) is 88.0. The van der Waals surface area contributed by atoms with Gasteiger partial charge >= 0.3 is 0 Å². The lowest BCUT2D eigenvalue weighted by Crippen LogP contribution is -2.58. The summed E-state index contributed by atoms with van der Waals surface area (Å²) in [5.41, 5.74) is 6.20. The molecule has 632 valence electrons. The fraction of sp³-hybridized carbons (Fsp3) is 0.473. The van der Waals surface area contributed by atoms with E-state index < -0.39 is 55.5 Å². The highest BCUT2D eigenvalue weighted by Gasteiger charge is 2.50. The van der Waals surface area contributed by atoms with Gasteiger partial charge in [0.2, 0.25) is 27.7 Å². The van der Waals surface area contributed by atoms with Crippen LogP contribution in [0, 0.1) is 57.6 Å². The Morgan fingerprint density at radius 3 is 1.25 bits per heavy atom. The summed E-state index contributed by atoms with van der Waals surface area (Å²) >= 11 is 0. The van der Waals surface area contributed by atoms with Crippen molar-refractivity contribution in [1.82, 2.24) is 35.0 Å². The van der Waals surface area contributed by atoms with E-state index in [1.807, 2.05) is 36.4 Å². The fourth-order valence-electron chi connectivity index (χ4n) is 16.9. The number of unbranched alkanes of at least 4 members (excludes halogenated alkanes) is 4. The number of sulfonamides is 1. The van der Waals surface area contributed by atoms with Crippen LogP contribution in [0.1, 0.15) is 182 Å². The number of halogens is 6. The number of carbonyl (C=O) groups is 6. The Labute approximate surface area is 688 Å². The molecule has 2 unspecified atom stereocenters. The van der Waals surface area contributed by atoms with Crippen LogP contribution in [-0.4, -0.2) is 186 Å². The molecule has 7 fully saturated rings. The molecule has 7 aromatic carbocycles. The molecule has 3 aliphatic carbocycles. The Bertz CT molecular complexity index is 4780. The van der Waals surface area contributed by atoms with Crippen molar-refractivity contribution in [3.8, 4) is 11.1 Å². The molecule has 14 rings (SSSR count). The maximum atomic E-state index is 13.7. The quantitative estimate of drug-likeness (QED) is 0.0264. The third kappa shape index (κ3) is 24.9. The average Bonchev–Trinajstić information content (AvgIpc) is 1.59. The maximum absolute atomic E-state index is 13.7. The van der Waals surface area contributed by atoms with Gasteiger partial charge in [-0.2, -0.15) is 4.31 Å². The smallest absolute Gasteiger partial charge is 0.251 e. The van der Waals surface area contributed by atoms with Gasteiger partial charge in [-0.25, -0.2) is 43.2 Å². The van der Waals surface area contributed by atoms with E-state index in [1.165, 1.54) is 118 Å². The minimum Gasteiger partial charge on any atom is -0.380 e. The molecular formula is C91H107F6N7O12S2. The second kappa shape index (κ2) is 40.2. The normalized spacial score (nSPS) is 21.8. The molecule has 19 nitrogen and oxygen atoms in total. The molecule has 7 aromatic rings. The van der Waals surface area contributed by atoms with E-state index in [2.05, 4.69) is 22.9 Å². The Kier molecular flexibility index (Phi) is 30.0. The summed E-state index contributed by atoms with van der Waals surface area (Å²) in [5, 5.41) is 8.67. The molecule has 4 aliphatic heterocycles. The minimum absolute atomic E-state index is 0.0686. The fourth-order valence-corrected chi connectivity index (χ4v) is 18.9. The molecule has 0 bridgehead atoms. The number of piperazine rings is 1. The standard InChI is InChI=1S/C33H36F2N2O4S.C30H37F2N3O5S.C28H34F2N2O3/c34-28-14-10-24(11-15-28)23-6-8-26(9-7-23)32(38)36-31(33(39)37-18-20-42(40,41)21-19-37)5-3-1-2-4-27-22-30(27)25-12-16-29(35)17-13-25;1-41(38,39)35-15-13-34(14-16-35)29(37)27(33-28(36)22-6-10-25(32)11-7-22)18-30(19-40-20-30)12-2-3-23-17-26(23)21-4-8-24(31)9-5-21;1-28(19-24(28)20-6-10-22(29)11-7-20)14-4-2-3-5-25(27(34)32-15-17-35-18-16-32)31-26(33)21-8-12-23(30)13-9-21/h6-17,27,30-31H,1-5,18-22H2,(H,36,38);4-11,23,26-27H,2-3,12-20H2,1H3,(H,33,36);6-13,24-25H,2-5,14-19H2,1H3,(H,31,33)/t27?,30?,31-;23-,26+,27-;24-,25+,28+/m001/s1. The Hall–Kier alpha value is -9.28. The summed E-state index contributed by atoms with van der Waals surface area (Å²) in [5.74, 6) is -1.20. The Morgan fingerprint density at radius 1 is 0.441 bits per heavy atom. The SMILES string of the molecule is CS(=O)(=O)N1CCN(C(=O)[C@H](CC2(CCC[C@H]3C[C@@H]3c3ccc(F)cc3)COC2)NC(=O)c2ccc(F)cc2)CC1.C[C@]1(CCCCC[C@H](NC(=O)c2ccc(F)cc2)C(=O)N2CCOCC2)C[C@@H]1c1ccc(F)cc1.O=C(N[C@@H](CCCCCC1CC1c1ccc(F)cc1)C(=O)N1CCS(=O)(=O)CC1)c1ccc(-c2ccc(F)cc2)cc1. The summed E-state index contributed by atoms with van der Waals surface area (Å²) in [6.07, 6.45) is 16.3. The van der Waals surface area contributed by atoms with Crippen molar-refractivity contribution in [2.45, 2.75) is 152 Å². The van der Waals surface area contributed by atoms with Crippen LogP contribution in [0.15, 0.2) is 170 Å². The van der Waals surface area contributed by atoms with E-state index >= 15 is 0 Å². The zero-order valence-electron chi connectivity index (χ0n) is 67.0. The van der Waals surface area contributed by atoms with Crippen molar-refractivity contribution in [3.63, 3.8) is 0 Å². The third-order valence-corrected chi connectivity index (χ3v) is 27.4. The van der Waals surface area contributed by atoms with E-state index in [9.17, 15) is 71.9 Å². The van der Waals surface area contributed by atoms with Gasteiger partial charge in [0.05, 0.1) is 44.2 Å². The predicted molar refractivity (Wildman–Crippen MR) is 438 cm³/mol. The van der Waals surface area contributed by atoms with E-state index in [1.54, 1.807) is 51.1 Å². The van der Waals surface area contributed by atoms with Crippen LogP contribution < -0.4 is 16.0 Å². The number of benzene rings is 7. The van der Waals surface area contributed by atoms with Crippen molar-refractivity contribution in [1.29, 1.82) is 0 Å². The van der Waals surface area contributed by atoms with Gasteiger partial charge in [0.15, 0.2) is 9.84 Å². The highest BCUT2D eigenvalue weighted by Crippen LogP contribution is 2.62. The number of ether oxygens (including phenoxy) is 2. The van der Waals surface area contributed by atoms with Crippen LogP contribution in [0.25, 0.3) is 11.1 Å². The molecule has 7 aliphatic rings. The number of morpholine rings is 1. The molecule has 0 spiro atoms. The molecule has 27 heteroatoms. The molecule has 118 heavy (non-hydrogen) atoms. The largest absolute Gasteiger partial charge is 0.380 e. The zero-order valence-corrected chi connectivity index (χ0v) is 68.6. The molecular weight excluding hydrogens is 1560 g/mol. The molecule has 0 radical (unpaired) electrons. The number of carbonyl (C=O) groups excluding carboxylic acids is 6. The Balaban J connectivity index is 0.000000163. The zero-order chi connectivity index (χ0) is 83.7. The number of amides is 6. The second-order valence-corrected chi connectivity index (χ2v) is 37.5. The van der Waals surface area contributed by atoms with E-state index in [4.69, 9.17) is 9.47 Å². The molecule has 9 atom stereocenters. The number of rotatable bonds is 32. The topological polar surface area (TPSA) is 238 Å². The van der Waals surface area contributed by atoms with Crippen LogP contribution in [0.4, 0.5) is 26.3 Å². The van der Waals surface area contributed by atoms with Gasteiger partial charge in [-0.1, -0.05) is 113 Å². The van der Waals surface area contributed by atoms with Crippen molar-refractivity contribution in [2.75, 3.05) is 96.5 Å². The van der Waals surface area contributed by atoms with Crippen LogP contribution in [0.3, 0.4) is 0 Å². The van der Waals surface area contributed by atoms with Crippen LogP contribution >= 0.6 is 0 Å². The van der Waals surface area contributed by atoms with Gasteiger partial charge in [0.25, 0.3) is 17.7 Å². The number of hydrogen-bond acceptors (Lipinski definition) is 12. The average molecular weight is 1670 g/mol. The third-order valence-electron chi connectivity index (χ3n) is 24.5. The molecule has 0 aromatic heterocycles. The lowest BCUT2D eigenvalue weighted by molar-refractivity contribution is -0.145. The summed E-state index contributed by atoms with van der Waals surface area (Å²) in [6, 6.07) is 41.6. The van der Waals surface area contributed by atoms with E-state index in [0.717, 1.165) is 107 Å². The Morgan fingerprint density at radius 2 is 0.814 bits per heavy atom. The molecule has 3 N–H and O–H groups in total. The van der Waals surface area contributed by atoms with Gasteiger partial charge in [-0.15, -0.1) is 0 Å². The van der Waals surface area contributed by atoms with Gasteiger partial charge in [0.1, 0.15) is 53.0 Å². The first-order valence-electron chi connectivity index (χ1n) is 41.3. The highest BCUT2D eigenvalue weighted by molar-refractivity contribution is 7.91. The van der Waals surface area contributed by atoms with Crippen LogP contribution in [-0.2, 0) is 43.7 Å². The summed E-state index contributed by atoms with van der Waals surface area (Å²) in [4.78, 5) is 84.2. The van der Waals surface area contributed by atoms with Gasteiger partial charge in [-0.05, 0) is 236 Å². The minimum atomic E-state index is -3.35. The summed E-state index contributed by atoms with van der Waals surface area (Å²) in [6.45, 7) is 6.46. The second-order valence-electron chi connectivity index (χ2n) is 33.2. The number of nitrogens with one attached hydrogen (secondary N) is 3. The molecule has 6 amide bonds. The first-order valence-corrected chi connectivity index (χ1v) is 45.0. The van der Waals surface area contributed by atoms with Crippen molar-refractivity contribution >= 4 is 55.3 Å². The molecule has 3 saturated carbocycles. The monoisotopic (exact) mass is 1670 g/mol. The number of hydrogen-bond donors (Lipinski definition) is 3. The molecule has 4 saturated heterocycles. The lowest BCUT2D eigenvalue weighted by Gasteiger charge is -2.44. The van der Waals surface area contributed by atoms with Gasteiger partial charge in [0, 0.05) is 74.5 Å². The van der Waals surface area contributed by atoms with E-state index in [-0.39, 0.29) is 120 Å². The van der Waals surface area contributed by atoms with Gasteiger partial charge < -0.3 is 40.1 Å². The molecule has 4 heterocycles. The van der Waals surface area contributed by atoms with Crippen molar-refractivity contribution < 1.29 is 81.4 Å². The highest BCUT2D eigenvalue weighted by atomic mass is 32.2. The van der Waals surface area contributed by atoms with Crippen LogP contribution in [0.5, 0.6) is 0 Å². The number of sulfone groups is 1. The summed E-state index contributed by atoms with van der Waals surface area (Å²) in [7, 11) is -6.50. The van der Waals surface area contributed by atoms with Gasteiger partial charge in [-0.3, -0.25) is 28.8 Å². The maximum Gasteiger partial charge on any atom is 0.251 e. The number of nitrogens with zero attached hydrogens (tertiary/aromatic N) is 4. The van der Waals surface area contributed by atoms with E-state index in [0.29, 0.717) is 99.5 Å². The van der Waals surface area contributed by atoms with Crippen molar-refractivity contribution in [3.05, 3.63) is 238 Å².